The Morgan fingerprint density at radius 2 is 1.35 bits per heavy atom. The Morgan fingerprint density at radius 3 is 2.00 bits per heavy atom. The summed E-state index contributed by atoms with van der Waals surface area (Å²) in [5, 5.41) is 1.42. The van der Waals surface area contributed by atoms with Crippen LogP contribution in [0.25, 0.3) is 33.0 Å². The number of carbonyl (C=O) groups excluding carboxylic acids is 2. The Morgan fingerprint density at radius 1 is 0.647 bits per heavy atom. The molecule has 0 aliphatic heterocycles. The lowest BCUT2D eigenvalue weighted by molar-refractivity contribution is -0.131. The third kappa shape index (κ3) is 4.30. The monoisotopic (exact) mass is 456 g/mol. The van der Waals surface area contributed by atoms with E-state index in [1.165, 1.54) is 14.0 Å². The van der Waals surface area contributed by atoms with Gasteiger partial charge in [-0.2, -0.15) is 0 Å². The summed E-state index contributed by atoms with van der Waals surface area (Å²) >= 11 is 0. The molecule has 0 spiro atoms. The minimum atomic E-state index is -0.549. The van der Waals surface area contributed by atoms with Gasteiger partial charge in [-0.3, -0.25) is 4.79 Å². The second-order valence-corrected chi connectivity index (χ2v) is 7.58. The highest BCUT2D eigenvalue weighted by Crippen LogP contribution is 2.42. The highest BCUT2D eigenvalue weighted by molar-refractivity contribution is 6.11. The van der Waals surface area contributed by atoms with Crippen LogP contribution in [0.15, 0.2) is 72.8 Å². The summed E-state index contributed by atoms with van der Waals surface area (Å²) in [6.45, 7) is 1.33. The van der Waals surface area contributed by atoms with Crippen molar-refractivity contribution in [1.29, 1.82) is 0 Å². The number of rotatable bonds is 6. The van der Waals surface area contributed by atoms with Gasteiger partial charge in [0.05, 0.1) is 26.9 Å². The molecular weight excluding hydrogens is 432 g/mol. The molecule has 4 aromatic carbocycles. The van der Waals surface area contributed by atoms with Gasteiger partial charge in [0.1, 0.15) is 5.75 Å². The summed E-state index contributed by atoms with van der Waals surface area (Å²) < 4.78 is 21.4. The van der Waals surface area contributed by atoms with E-state index in [2.05, 4.69) is 0 Å². The molecule has 0 saturated heterocycles. The summed E-state index contributed by atoms with van der Waals surface area (Å²) in [4.78, 5) is 24.7. The predicted octanol–water partition coefficient (Wildman–Crippen LogP) is 5.90. The largest absolute Gasteiger partial charge is 0.493 e. The molecule has 172 valence electrons. The van der Waals surface area contributed by atoms with Gasteiger partial charge in [-0.25, -0.2) is 4.79 Å². The van der Waals surface area contributed by atoms with Gasteiger partial charge >= 0.3 is 11.9 Å². The number of methoxy groups -OCH3 is 3. The molecule has 0 heterocycles. The first-order valence-corrected chi connectivity index (χ1v) is 10.6. The fourth-order valence-electron chi connectivity index (χ4n) is 4.02. The molecule has 0 N–H and O–H groups in total. The van der Waals surface area contributed by atoms with Crippen molar-refractivity contribution in [3.8, 4) is 39.5 Å². The fraction of sp³-hybridized carbons (Fsp3) is 0.143. The number of hydrogen-bond donors (Lipinski definition) is 0. The van der Waals surface area contributed by atoms with Crippen molar-refractivity contribution in [2.24, 2.45) is 0 Å². The number of ether oxygens (including phenoxy) is 4. The Bertz CT molecular complexity index is 1380. The van der Waals surface area contributed by atoms with Gasteiger partial charge in [0, 0.05) is 17.9 Å². The van der Waals surface area contributed by atoms with Crippen molar-refractivity contribution in [3.05, 3.63) is 78.4 Å². The van der Waals surface area contributed by atoms with E-state index in [0.29, 0.717) is 22.4 Å². The Kier molecular flexibility index (Phi) is 6.50. The number of benzene rings is 4. The van der Waals surface area contributed by atoms with E-state index in [1.54, 1.807) is 32.4 Å². The maximum atomic E-state index is 12.8. The van der Waals surface area contributed by atoms with Crippen molar-refractivity contribution < 1.29 is 28.5 Å². The maximum Gasteiger partial charge on any atom is 0.338 e. The van der Waals surface area contributed by atoms with E-state index in [0.717, 1.165) is 22.1 Å². The van der Waals surface area contributed by atoms with E-state index in [-0.39, 0.29) is 11.3 Å². The van der Waals surface area contributed by atoms with Crippen LogP contribution in [-0.4, -0.2) is 33.3 Å². The maximum absolute atomic E-state index is 12.8. The van der Waals surface area contributed by atoms with Crippen molar-refractivity contribution in [3.63, 3.8) is 0 Å². The summed E-state index contributed by atoms with van der Waals surface area (Å²) in [6, 6.07) is 22.7. The standard InChI is InChI=1S/C28H24O6/c1-17(29)34-25-16-23(28(30)33-4)27(20-11-13-24(31-2)26(15-20)32-3)21-12-10-19(14-22(21)25)18-8-6-5-7-9-18/h5-16H,1-4H3. The van der Waals surface area contributed by atoms with Crippen LogP contribution < -0.4 is 14.2 Å². The molecule has 4 aromatic rings. The number of fused-ring (bicyclic) bond motifs is 1. The zero-order chi connectivity index (χ0) is 24.2. The van der Waals surface area contributed by atoms with Gasteiger partial charge in [-0.05, 0) is 46.3 Å². The normalized spacial score (nSPS) is 10.6. The topological polar surface area (TPSA) is 71.1 Å². The lowest BCUT2D eigenvalue weighted by Gasteiger charge is -2.18. The molecule has 0 aliphatic rings. The van der Waals surface area contributed by atoms with Crippen molar-refractivity contribution in [2.75, 3.05) is 21.3 Å². The third-order valence-electron chi connectivity index (χ3n) is 5.54. The van der Waals surface area contributed by atoms with E-state index in [9.17, 15) is 9.59 Å². The van der Waals surface area contributed by atoms with Crippen LogP contribution in [0, 0.1) is 0 Å². The van der Waals surface area contributed by atoms with Gasteiger partial charge in [0.25, 0.3) is 0 Å². The molecular formula is C28H24O6. The van der Waals surface area contributed by atoms with Crippen LogP contribution in [0.3, 0.4) is 0 Å². The predicted molar refractivity (Wildman–Crippen MR) is 131 cm³/mol. The molecule has 34 heavy (non-hydrogen) atoms. The SMILES string of the molecule is COC(=O)c1cc(OC(C)=O)c2cc(-c3ccccc3)ccc2c1-c1ccc(OC)c(OC)c1. The van der Waals surface area contributed by atoms with Crippen LogP contribution in [0.1, 0.15) is 17.3 Å². The van der Waals surface area contributed by atoms with Gasteiger partial charge in [0.15, 0.2) is 11.5 Å². The van der Waals surface area contributed by atoms with E-state index >= 15 is 0 Å². The smallest absolute Gasteiger partial charge is 0.338 e. The highest BCUT2D eigenvalue weighted by Gasteiger charge is 2.22. The van der Waals surface area contributed by atoms with Gasteiger partial charge in [0.2, 0.25) is 0 Å². The average Bonchev–Trinajstić information content (AvgIpc) is 2.87. The van der Waals surface area contributed by atoms with Crippen molar-refractivity contribution >= 4 is 22.7 Å². The number of esters is 2. The molecule has 0 atom stereocenters. The van der Waals surface area contributed by atoms with Crippen molar-refractivity contribution in [1.82, 2.24) is 0 Å². The Hall–Kier alpha value is -4.32. The fourth-order valence-corrected chi connectivity index (χ4v) is 4.02. The summed E-state index contributed by atoms with van der Waals surface area (Å²) in [5.74, 6) is 0.338. The second kappa shape index (κ2) is 9.67. The van der Waals surface area contributed by atoms with Gasteiger partial charge in [-0.15, -0.1) is 0 Å². The first-order valence-electron chi connectivity index (χ1n) is 10.6. The molecule has 0 unspecified atom stereocenters. The van der Waals surface area contributed by atoms with Crippen LogP contribution >= 0.6 is 0 Å². The molecule has 0 radical (unpaired) electrons. The van der Waals surface area contributed by atoms with E-state index in [4.69, 9.17) is 18.9 Å². The quantitative estimate of drug-likeness (QED) is 0.266. The summed E-state index contributed by atoms with van der Waals surface area (Å²) in [6.07, 6.45) is 0. The van der Waals surface area contributed by atoms with Gasteiger partial charge < -0.3 is 18.9 Å². The van der Waals surface area contributed by atoms with Crippen LogP contribution in [0.2, 0.25) is 0 Å². The molecule has 0 amide bonds. The molecule has 0 bridgehead atoms. The van der Waals surface area contributed by atoms with E-state index in [1.807, 2.05) is 54.6 Å². The molecule has 0 fully saturated rings. The molecule has 0 saturated carbocycles. The Labute approximate surface area is 197 Å². The molecule has 6 heteroatoms. The Balaban J connectivity index is 2.07. The zero-order valence-corrected chi connectivity index (χ0v) is 19.4. The lowest BCUT2D eigenvalue weighted by Crippen LogP contribution is -2.08. The first-order chi connectivity index (χ1) is 16.5. The molecule has 0 aromatic heterocycles. The second-order valence-electron chi connectivity index (χ2n) is 7.58. The average molecular weight is 456 g/mol. The van der Waals surface area contributed by atoms with Gasteiger partial charge in [-0.1, -0.05) is 48.5 Å². The van der Waals surface area contributed by atoms with Crippen LogP contribution in [0.4, 0.5) is 0 Å². The minimum absolute atomic E-state index is 0.269. The number of hydrogen-bond acceptors (Lipinski definition) is 6. The van der Waals surface area contributed by atoms with E-state index < -0.39 is 11.9 Å². The van der Waals surface area contributed by atoms with Crippen LogP contribution in [0.5, 0.6) is 17.2 Å². The first kappa shape index (κ1) is 22.9. The number of carbonyl (C=O) groups is 2. The third-order valence-corrected chi connectivity index (χ3v) is 5.54. The molecule has 0 aliphatic carbocycles. The summed E-state index contributed by atoms with van der Waals surface area (Å²) in [7, 11) is 4.43. The molecule has 4 rings (SSSR count). The highest BCUT2D eigenvalue weighted by atomic mass is 16.5. The van der Waals surface area contributed by atoms with Crippen LogP contribution in [-0.2, 0) is 9.53 Å². The minimum Gasteiger partial charge on any atom is -0.493 e. The summed E-state index contributed by atoms with van der Waals surface area (Å²) in [5.41, 5.74) is 3.60. The van der Waals surface area contributed by atoms with Crippen molar-refractivity contribution in [2.45, 2.75) is 6.92 Å². The zero-order valence-electron chi connectivity index (χ0n) is 19.4. The lowest BCUT2D eigenvalue weighted by atomic mass is 9.90. The molecule has 6 nitrogen and oxygen atoms in total.